The van der Waals surface area contributed by atoms with Crippen LogP contribution in [0.3, 0.4) is 0 Å². The highest BCUT2D eigenvalue weighted by Gasteiger charge is 2.47. The Morgan fingerprint density at radius 2 is 1.88 bits per heavy atom. The molecule has 1 spiro atoms. The summed E-state index contributed by atoms with van der Waals surface area (Å²) in [6.45, 7) is 11.0. The lowest BCUT2D eigenvalue weighted by Gasteiger charge is -2.38. The number of likely N-dealkylation sites (tertiary alicyclic amines) is 1. The average molecular weight is 379 g/mol. The summed E-state index contributed by atoms with van der Waals surface area (Å²) in [6, 6.07) is 6.07. The minimum atomic E-state index is -3.46. The Morgan fingerprint density at radius 1 is 1.19 bits per heavy atom. The van der Waals surface area contributed by atoms with Gasteiger partial charge in [0.2, 0.25) is 10.0 Å². The molecule has 2 aliphatic rings. The van der Waals surface area contributed by atoms with Gasteiger partial charge in [0.15, 0.2) is 0 Å². The maximum absolute atomic E-state index is 12.9. The summed E-state index contributed by atoms with van der Waals surface area (Å²) in [7, 11) is -3.46. The normalized spacial score (nSPS) is 23.8. The Hall–Kier alpha value is -0.910. The first-order valence-electron chi connectivity index (χ1n) is 10.0. The fourth-order valence-corrected chi connectivity index (χ4v) is 6.27. The van der Waals surface area contributed by atoms with Crippen molar-refractivity contribution in [3.05, 3.63) is 29.3 Å². The van der Waals surface area contributed by atoms with Gasteiger partial charge < -0.3 is 4.90 Å². The maximum Gasteiger partial charge on any atom is 0.240 e. The molecular weight excluding hydrogens is 344 g/mol. The van der Waals surface area contributed by atoms with Crippen LogP contribution in [0.15, 0.2) is 23.1 Å². The summed E-state index contributed by atoms with van der Waals surface area (Å²) in [4.78, 5) is 2.96. The van der Waals surface area contributed by atoms with Gasteiger partial charge >= 0.3 is 0 Å². The van der Waals surface area contributed by atoms with Crippen molar-refractivity contribution in [2.75, 3.05) is 19.6 Å². The number of nitrogens with one attached hydrogen (secondary N) is 1. The first kappa shape index (κ1) is 19.8. The number of benzene rings is 1. The van der Waals surface area contributed by atoms with Gasteiger partial charge in [-0.25, -0.2) is 13.1 Å². The Kier molecular flexibility index (Phi) is 5.80. The van der Waals surface area contributed by atoms with Crippen molar-refractivity contribution >= 4 is 10.0 Å². The first-order chi connectivity index (χ1) is 12.2. The van der Waals surface area contributed by atoms with E-state index in [4.69, 9.17) is 0 Å². The smallest absolute Gasteiger partial charge is 0.240 e. The molecule has 1 heterocycles. The van der Waals surface area contributed by atoms with Crippen LogP contribution in [0.25, 0.3) is 0 Å². The molecule has 1 atom stereocenters. The van der Waals surface area contributed by atoms with E-state index in [9.17, 15) is 8.42 Å². The largest absolute Gasteiger partial charge is 0.300 e. The molecule has 3 rings (SSSR count). The third kappa shape index (κ3) is 4.00. The molecule has 1 N–H and O–H groups in total. The summed E-state index contributed by atoms with van der Waals surface area (Å²) >= 11 is 0. The van der Waals surface area contributed by atoms with E-state index in [-0.39, 0.29) is 0 Å². The van der Waals surface area contributed by atoms with Crippen LogP contribution in [0, 0.1) is 25.2 Å². The van der Waals surface area contributed by atoms with Crippen LogP contribution in [-0.4, -0.2) is 39.0 Å². The molecule has 1 aromatic rings. The molecule has 0 aromatic heterocycles. The number of rotatable bonds is 5. The van der Waals surface area contributed by atoms with Crippen molar-refractivity contribution in [3.63, 3.8) is 0 Å². The quantitative estimate of drug-likeness (QED) is 0.846. The third-order valence-corrected chi connectivity index (χ3v) is 8.14. The van der Waals surface area contributed by atoms with E-state index in [0.717, 1.165) is 24.2 Å². The van der Waals surface area contributed by atoms with E-state index >= 15 is 0 Å². The molecule has 1 aliphatic carbocycles. The lowest BCUT2D eigenvalue weighted by atomic mass is 9.68. The van der Waals surface area contributed by atoms with Gasteiger partial charge in [0, 0.05) is 25.7 Å². The molecule has 1 saturated heterocycles. The second kappa shape index (κ2) is 7.61. The predicted octanol–water partition coefficient (Wildman–Crippen LogP) is 3.87. The third-order valence-electron chi connectivity index (χ3n) is 6.56. The zero-order valence-electron chi connectivity index (χ0n) is 16.7. The van der Waals surface area contributed by atoms with Gasteiger partial charge in [0.25, 0.3) is 0 Å². The Bertz CT molecular complexity index is 736. The summed E-state index contributed by atoms with van der Waals surface area (Å²) < 4.78 is 28.7. The fraction of sp³-hybridized carbons (Fsp3) is 0.714. The van der Waals surface area contributed by atoms with Gasteiger partial charge in [-0.15, -0.1) is 0 Å². The van der Waals surface area contributed by atoms with E-state index in [1.807, 2.05) is 26.0 Å². The van der Waals surface area contributed by atoms with Crippen LogP contribution in [0.5, 0.6) is 0 Å². The molecule has 4 nitrogen and oxygen atoms in total. The van der Waals surface area contributed by atoms with Crippen LogP contribution in [0.2, 0.25) is 0 Å². The first-order valence-corrected chi connectivity index (χ1v) is 11.5. The lowest BCUT2D eigenvalue weighted by Crippen LogP contribution is -2.40. The second-order valence-corrected chi connectivity index (χ2v) is 10.5. The van der Waals surface area contributed by atoms with Crippen molar-refractivity contribution in [2.24, 2.45) is 11.3 Å². The van der Waals surface area contributed by atoms with Gasteiger partial charge in [-0.3, -0.25) is 0 Å². The molecule has 1 aliphatic heterocycles. The zero-order chi connectivity index (χ0) is 18.9. The summed E-state index contributed by atoms with van der Waals surface area (Å²) in [5, 5.41) is 0. The van der Waals surface area contributed by atoms with Gasteiger partial charge in [-0.1, -0.05) is 37.0 Å². The molecule has 1 saturated carbocycles. The Labute approximate surface area is 159 Å². The molecule has 26 heavy (non-hydrogen) atoms. The highest BCUT2D eigenvalue weighted by atomic mass is 32.2. The van der Waals surface area contributed by atoms with E-state index < -0.39 is 10.0 Å². The van der Waals surface area contributed by atoms with Crippen LogP contribution in [0.4, 0.5) is 0 Å². The highest BCUT2D eigenvalue weighted by Crippen LogP contribution is 2.47. The topological polar surface area (TPSA) is 49.4 Å². The van der Waals surface area contributed by atoms with Crippen molar-refractivity contribution in [1.82, 2.24) is 9.62 Å². The highest BCUT2D eigenvalue weighted by molar-refractivity contribution is 7.89. The van der Waals surface area contributed by atoms with E-state index in [1.54, 1.807) is 6.07 Å². The average Bonchev–Trinajstić information content (AvgIpc) is 2.92. The van der Waals surface area contributed by atoms with Crippen LogP contribution < -0.4 is 4.72 Å². The molecule has 0 bridgehead atoms. The molecule has 2 fully saturated rings. The number of hydrogen-bond acceptors (Lipinski definition) is 3. The van der Waals surface area contributed by atoms with Gasteiger partial charge in [0.05, 0.1) is 4.90 Å². The minimum Gasteiger partial charge on any atom is -0.300 e. The minimum absolute atomic E-state index is 0.299. The molecule has 146 valence electrons. The standard InChI is InChI=1S/C21H34N2O2S/c1-16(2)23-14-19(21(15-23)10-6-5-7-11-21)13-22-26(24,25)20-9-8-17(3)12-18(20)4/h8-9,12,16,19,22H,5-7,10-11,13-15H2,1-4H3. The fourth-order valence-electron chi connectivity index (χ4n) is 4.96. The lowest BCUT2D eigenvalue weighted by molar-refractivity contribution is 0.136. The van der Waals surface area contributed by atoms with Gasteiger partial charge in [0.1, 0.15) is 0 Å². The van der Waals surface area contributed by atoms with Gasteiger partial charge in [-0.05, 0) is 63.5 Å². The SMILES string of the molecule is Cc1ccc(S(=O)(=O)NCC2CN(C(C)C)CC23CCCCC3)c(C)c1. The summed E-state index contributed by atoms with van der Waals surface area (Å²) in [5.74, 6) is 0.408. The van der Waals surface area contributed by atoms with Crippen molar-refractivity contribution < 1.29 is 8.42 Å². The van der Waals surface area contributed by atoms with Gasteiger partial charge in [-0.2, -0.15) is 0 Å². The molecular formula is C21H34N2O2S. The van der Waals surface area contributed by atoms with Crippen molar-refractivity contribution in [2.45, 2.75) is 70.7 Å². The molecule has 0 radical (unpaired) electrons. The van der Waals surface area contributed by atoms with Crippen molar-refractivity contribution in [3.8, 4) is 0 Å². The molecule has 0 amide bonds. The molecule has 5 heteroatoms. The molecule has 1 unspecified atom stereocenters. The van der Waals surface area contributed by atoms with Crippen LogP contribution >= 0.6 is 0 Å². The van der Waals surface area contributed by atoms with Crippen molar-refractivity contribution in [1.29, 1.82) is 0 Å². The number of nitrogens with zero attached hydrogens (tertiary/aromatic N) is 1. The van der Waals surface area contributed by atoms with Crippen LogP contribution in [0.1, 0.15) is 57.1 Å². The summed E-state index contributed by atoms with van der Waals surface area (Å²) in [5.41, 5.74) is 2.21. The van der Waals surface area contributed by atoms with E-state index in [2.05, 4.69) is 23.5 Å². The maximum atomic E-state index is 12.9. The number of hydrogen-bond donors (Lipinski definition) is 1. The van der Waals surface area contributed by atoms with E-state index in [0.29, 0.717) is 28.8 Å². The molecule has 1 aromatic carbocycles. The number of aryl methyl sites for hydroxylation is 2. The second-order valence-electron chi connectivity index (χ2n) is 8.76. The predicted molar refractivity (Wildman–Crippen MR) is 107 cm³/mol. The summed E-state index contributed by atoms with van der Waals surface area (Å²) in [6.07, 6.45) is 6.38. The zero-order valence-corrected chi connectivity index (χ0v) is 17.5. The van der Waals surface area contributed by atoms with E-state index in [1.165, 1.54) is 32.1 Å². The monoisotopic (exact) mass is 378 g/mol. The van der Waals surface area contributed by atoms with Crippen LogP contribution in [-0.2, 0) is 10.0 Å². The Morgan fingerprint density at radius 3 is 2.50 bits per heavy atom. The Balaban J connectivity index is 1.76. The number of sulfonamides is 1.